The molecule has 2 aliphatic rings. The van der Waals surface area contributed by atoms with Gasteiger partial charge in [-0.05, 0) is 50.4 Å². The number of piperidine rings is 1. The Morgan fingerprint density at radius 1 is 1.25 bits per heavy atom. The molecule has 0 aromatic rings. The van der Waals surface area contributed by atoms with Gasteiger partial charge in [0.05, 0.1) is 0 Å². The molecule has 0 aromatic heterocycles. The highest BCUT2D eigenvalue weighted by atomic mass is 32.2. The Balaban J connectivity index is 1.82. The molecule has 1 heterocycles. The fraction of sp³-hybridized carbons (Fsp3) is 0.867. The van der Waals surface area contributed by atoms with Crippen LogP contribution in [0.3, 0.4) is 0 Å². The highest BCUT2D eigenvalue weighted by Crippen LogP contribution is 2.23. The molecule has 2 unspecified atom stereocenters. The van der Waals surface area contributed by atoms with Crippen LogP contribution in [0.2, 0.25) is 0 Å². The number of rotatable bonds is 5. The first kappa shape index (κ1) is 16.0. The molecule has 5 heteroatoms. The predicted molar refractivity (Wildman–Crippen MR) is 82.6 cm³/mol. The molecule has 2 atom stereocenters. The summed E-state index contributed by atoms with van der Waals surface area (Å²) in [5.74, 6) is 0.910. The first-order valence-corrected chi connectivity index (χ1v) is 9.34. The molecule has 0 aromatic carbocycles. The van der Waals surface area contributed by atoms with Gasteiger partial charge >= 0.3 is 0 Å². The molecule has 0 bridgehead atoms. The predicted octanol–water partition coefficient (Wildman–Crippen LogP) is 2.69. The molecule has 0 radical (unpaired) electrons. The molecule has 1 saturated heterocycles. The molecule has 2 rings (SSSR count). The van der Waals surface area contributed by atoms with E-state index in [1.807, 2.05) is 0 Å². The molecule has 1 fully saturated rings. The Hall–Kier alpha value is -0.390. The van der Waals surface area contributed by atoms with E-state index < -0.39 is 10.2 Å². The van der Waals surface area contributed by atoms with Crippen molar-refractivity contribution in [2.24, 2.45) is 11.8 Å². The van der Waals surface area contributed by atoms with Crippen molar-refractivity contribution >= 4 is 10.2 Å². The Kier molecular flexibility index (Phi) is 5.64. The van der Waals surface area contributed by atoms with Crippen molar-refractivity contribution in [1.29, 1.82) is 0 Å². The van der Waals surface area contributed by atoms with E-state index in [0.717, 1.165) is 25.7 Å². The van der Waals surface area contributed by atoms with Gasteiger partial charge in [0.25, 0.3) is 10.2 Å². The molecular weight excluding hydrogens is 272 g/mol. The lowest BCUT2D eigenvalue weighted by Gasteiger charge is -2.34. The summed E-state index contributed by atoms with van der Waals surface area (Å²) in [6.07, 6.45) is 9.08. The Morgan fingerprint density at radius 2 is 1.95 bits per heavy atom. The van der Waals surface area contributed by atoms with Gasteiger partial charge in [-0.25, -0.2) is 4.72 Å². The highest BCUT2D eigenvalue weighted by Gasteiger charge is 2.29. The van der Waals surface area contributed by atoms with Crippen LogP contribution >= 0.6 is 0 Å². The Labute approximate surface area is 123 Å². The average Bonchev–Trinajstić information content (AvgIpc) is 2.38. The smallest absolute Gasteiger partial charge is 0.202 e. The van der Waals surface area contributed by atoms with Gasteiger partial charge in [0.1, 0.15) is 0 Å². The maximum absolute atomic E-state index is 12.3. The Bertz CT molecular complexity index is 435. The van der Waals surface area contributed by atoms with E-state index >= 15 is 0 Å². The second-order valence-corrected chi connectivity index (χ2v) is 8.28. The molecule has 0 amide bonds. The van der Waals surface area contributed by atoms with Gasteiger partial charge in [0.2, 0.25) is 0 Å². The lowest BCUT2D eigenvalue weighted by molar-refractivity contribution is 0.220. The fourth-order valence-corrected chi connectivity index (χ4v) is 4.81. The van der Waals surface area contributed by atoms with Crippen molar-refractivity contribution < 1.29 is 8.42 Å². The van der Waals surface area contributed by atoms with E-state index in [2.05, 4.69) is 24.6 Å². The van der Waals surface area contributed by atoms with Crippen molar-refractivity contribution in [3.05, 3.63) is 11.6 Å². The van der Waals surface area contributed by atoms with Crippen LogP contribution in [0.1, 0.15) is 52.4 Å². The minimum atomic E-state index is -3.29. The van der Waals surface area contributed by atoms with Crippen LogP contribution in [0.25, 0.3) is 0 Å². The second-order valence-electron chi connectivity index (χ2n) is 6.52. The quantitative estimate of drug-likeness (QED) is 0.794. The van der Waals surface area contributed by atoms with Gasteiger partial charge < -0.3 is 0 Å². The third-order valence-electron chi connectivity index (χ3n) is 4.29. The molecule has 20 heavy (non-hydrogen) atoms. The summed E-state index contributed by atoms with van der Waals surface area (Å²) >= 11 is 0. The van der Waals surface area contributed by atoms with Gasteiger partial charge in [0, 0.05) is 19.6 Å². The molecule has 0 saturated carbocycles. The van der Waals surface area contributed by atoms with Gasteiger partial charge in [-0.15, -0.1) is 0 Å². The molecule has 1 aliphatic heterocycles. The number of nitrogens with zero attached hydrogens (tertiary/aromatic N) is 1. The number of hydrogen-bond donors (Lipinski definition) is 1. The minimum Gasteiger partial charge on any atom is -0.202 e. The molecule has 1 aliphatic carbocycles. The van der Waals surface area contributed by atoms with Crippen LogP contribution in [0, 0.1) is 11.8 Å². The number of nitrogens with one attached hydrogen (secondary N) is 1. The molecule has 116 valence electrons. The maximum atomic E-state index is 12.3. The van der Waals surface area contributed by atoms with Crippen LogP contribution in [-0.4, -0.2) is 32.4 Å². The maximum Gasteiger partial charge on any atom is 0.279 e. The van der Waals surface area contributed by atoms with Crippen LogP contribution in [0.4, 0.5) is 0 Å². The van der Waals surface area contributed by atoms with Gasteiger partial charge in [-0.3, -0.25) is 0 Å². The van der Waals surface area contributed by atoms with Gasteiger partial charge in [-0.2, -0.15) is 12.7 Å². The fourth-order valence-electron chi connectivity index (χ4n) is 3.37. The monoisotopic (exact) mass is 300 g/mol. The third kappa shape index (κ3) is 4.57. The summed E-state index contributed by atoms with van der Waals surface area (Å²) < 4.78 is 29.0. The van der Waals surface area contributed by atoms with Gasteiger partial charge in [-0.1, -0.05) is 25.5 Å². The van der Waals surface area contributed by atoms with Crippen LogP contribution in [-0.2, 0) is 10.2 Å². The third-order valence-corrected chi connectivity index (χ3v) is 5.84. The van der Waals surface area contributed by atoms with Crippen LogP contribution < -0.4 is 4.72 Å². The summed E-state index contributed by atoms with van der Waals surface area (Å²) in [6.45, 7) is 6.11. The van der Waals surface area contributed by atoms with E-state index in [4.69, 9.17) is 0 Å². The zero-order valence-corrected chi connectivity index (χ0v) is 13.6. The zero-order chi connectivity index (χ0) is 14.6. The summed E-state index contributed by atoms with van der Waals surface area (Å²) in [5, 5.41) is 0. The largest absolute Gasteiger partial charge is 0.279 e. The van der Waals surface area contributed by atoms with Crippen molar-refractivity contribution in [1.82, 2.24) is 9.03 Å². The first-order chi connectivity index (χ1) is 9.47. The summed E-state index contributed by atoms with van der Waals surface area (Å²) in [4.78, 5) is 0. The zero-order valence-electron chi connectivity index (χ0n) is 12.8. The van der Waals surface area contributed by atoms with Crippen molar-refractivity contribution in [3.63, 3.8) is 0 Å². The van der Waals surface area contributed by atoms with E-state index in [1.165, 1.54) is 18.4 Å². The summed E-state index contributed by atoms with van der Waals surface area (Å²) in [5.41, 5.74) is 1.42. The highest BCUT2D eigenvalue weighted by molar-refractivity contribution is 7.87. The van der Waals surface area contributed by atoms with Crippen molar-refractivity contribution in [3.8, 4) is 0 Å². The van der Waals surface area contributed by atoms with E-state index in [-0.39, 0.29) is 0 Å². The molecule has 0 spiro atoms. The second kappa shape index (κ2) is 7.05. The van der Waals surface area contributed by atoms with E-state index in [1.54, 1.807) is 4.31 Å². The van der Waals surface area contributed by atoms with Crippen molar-refractivity contribution in [2.45, 2.75) is 52.4 Å². The Morgan fingerprint density at radius 3 is 2.55 bits per heavy atom. The normalized spacial score (nSPS) is 29.2. The first-order valence-electron chi connectivity index (χ1n) is 7.90. The summed E-state index contributed by atoms with van der Waals surface area (Å²) in [6, 6.07) is 0. The molecule has 4 nitrogen and oxygen atoms in total. The van der Waals surface area contributed by atoms with Crippen LogP contribution in [0.15, 0.2) is 11.6 Å². The van der Waals surface area contributed by atoms with Crippen LogP contribution in [0.5, 0.6) is 0 Å². The van der Waals surface area contributed by atoms with Crippen molar-refractivity contribution in [2.75, 3.05) is 19.6 Å². The molecular formula is C15H28N2O2S. The average molecular weight is 300 g/mol. The lowest BCUT2D eigenvalue weighted by Crippen LogP contribution is -2.48. The minimum absolute atomic E-state index is 0.455. The van der Waals surface area contributed by atoms with Gasteiger partial charge in [0.15, 0.2) is 0 Å². The van der Waals surface area contributed by atoms with E-state index in [0.29, 0.717) is 31.5 Å². The van der Waals surface area contributed by atoms with E-state index in [9.17, 15) is 8.42 Å². The SMILES string of the molecule is CC1CC(C)CN(S(=O)(=O)NCCC2=CCCCC2)C1. The summed E-state index contributed by atoms with van der Waals surface area (Å²) in [7, 11) is -3.29. The number of allylic oxidation sites excluding steroid dienone is 1. The number of hydrogen-bond acceptors (Lipinski definition) is 2. The topological polar surface area (TPSA) is 49.4 Å². The lowest BCUT2D eigenvalue weighted by atomic mass is 9.94. The molecule has 1 N–H and O–H groups in total. The standard InChI is InChI=1S/C15H28N2O2S/c1-13-10-14(2)12-17(11-13)20(18,19)16-9-8-15-6-4-3-5-7-15/h6,13-14,16H,3-5,7-12H2,1-2H3.